The number of carbonyl (C=O) groups excluding carboxylic acids is 1. The number of nitrogens with zero attached hydrogens (tertiary/aromatic N) is 1. The van der Waals surface area contributed by atoms with Crippen LogP contribution in [0.4, 0.5) is 0 Å². The summed E-state index contributed by atoms with van der Waals surface area (Å²) in [7, 11) is -3.62. The lowest BCUT2D eigenvalue weighted by Crippen LogP contribution is -2.35. The molecule has 118 valence electrons. The minimum absolute atomic E-state index is 0.0000526. The molecule has 21 heavy (non-hydrogen) atoms. The molecular weight excluding hydrogens is 294 g/mol. The molecule has 1 aromatic carbocycles. The fourth-order valence-corrected chi connectivity index (χ4v) is 3.18. The van der Waals surface area contributed by atoms with Crippen molar-refractivity contribution in [2.75, 3.05) is 25.5 Å². The highest BCUT2D eigenvalue weighted by Crippen LogP contribution is 2.10. The predicted octanol–water partition coefficient (Wildman–Crippen LogP) is 0.764. The van der Waals surface area contributed by atoms with E-state index < -0.39 is 16.0 Å². The quantitative estimate of drug-likeness (QED) is 0.680. The third kappa shape index (κ3) is 6.24. The van der Waals surface area contributed by atoms with Gasteiger partial charge in [0, 0.05) is 13.1 Å². The van der Waals surface area contributed by atoms with Crippen LogP contribution in [0.2, 0.25) is 0 Å². The van der Waals surface area contributed by atoms with Gasteiger partial charge in [-0.15, -0.1) is 0 Å². The van der Waals surface area contributed by atoms with Gasteiger partial charge in [0.25, 0.3) is 0 Å². The first-order chi connectivity index (χ1) is 9.99. The van der Waals surface area contributed by atoms with E-state index in [0.29, 0.717) is 0 Å². The topological polar surface area (TPSA) is 83.9 Å². The molecule has 0 saturated carbocycles. The second kappa shape index (κ2) is 8.76. The fraction of sp³-hybridized carbons (Fsp3) is 0.500. The first-order valence-electron chi connectivity index (χ1n) is 6.78. The Kier molecular flexibility index (Phi) is 7.35. The van der Waals surface area contributed by atoms with Crippen molar-refractivity contribution >= 4 is 16.0 Å². The summed E-state index contributed by atoms with van der Waals surface area (Å²) in [5.41, 5.74) is 0.825. The maximum Gasteiger partial charge on any atom is 0.306 e. The molecule has 0 heterocycles. The second-order valence-corrected chi connectivity index (χ2v) is 6.50. The van der Waals surface area contributed by atoms with Crippen LogP contribution < -0.4 is 0 Å². The molecule has 0 radical (unpaired) electrons. The van der Waals surface area contributed by atoms with Crippen LogP contribution >= 0.6 is 0 Å². The Labute approximate surface area is 125 Å². The van der Waals surface area contributed by atoms with E-state index in [9.17, 15) is 13.2 Å². The average molecular weight is 315 g/mol. The Balaban J connectivity index is 2.71. The van der Waals surface area contributed by atoms with Crippen LogP contribution in [-0.4, -0.2) is 49.3 Å². The highest BCUT2D eigenvalue weighted by molar-refractivity contribution is 7.89. The molecule has 6 nitrogen and oxygen atoms in total. The van der Waals surface area contributed by atoms with Gasteiger partial charge in [-0.2, -0.15) is 4.31 Å². The monoisotopic (exact) mass is 315 g/mol. The number of aliphatic hydroxyl groups excluding tert-OH is 1. The normalized spacial score (nSPS) is 11.6. The molecule has 0 atom stereocenters. The number of hydrogen-bond donors (Lipinski definition) is 1. The highest BCUT2D eigenvalue weighted by atomic mass is 32.2. The molecule has 0 saturated heterocycles. The van der Waals surface area contributed by atoms with Crippen LogP contribution in [0.5, 0.6) is 0 Å². The molecule has 0 unspecified atom stereocenters. The van der Waals surface area contributed by atoms with Crippen LogP contribution in [0.1, 0.15) is 18.9 Å². The lowest BCUT2D eigenvalue weighted by molar-refractivity contribution is -0.142. The molecule has 0 aliphatic carbocycles. The van der Waals surface area contributed by atoms with Gasteiger partial charge in [-0.3, -0.25) is 4.79 Å². The van der Waals surface area contributed by atoms with Crippen LogP contribution in [0.25, 0.3) is 0 Å². The van der Waals surface area contributed by atoms with E-state index in [2.05, 4.69) is 0 Å². The molecule has 0 aromatic heterocycles. The first-order valence-corrected chi connectivity index (χ1v) is 8.38. The summed E-state index contributed by atoms with van der Waals surface area (Å²) in [5, 5.41) is 9.04. The maximum absolute atomic E-state index is 12.2. The van der Waals surface area contributed by atoms with Crippen molar-refractivity contribution in [2.24, 2.45) is 0 Å². The zero-order valence-corrected chi connectivity index (χ0v) is 12.9. The van der Waals surface area contributed by atoms with Crippen molar-refractivity contribution in [3.63, 3.8) is 0 Å². The molecule has 1 rings (SSSR count). The van der Waals surface area contributed by atoms with E-state index in [1.807, 2.05) is 30.3 Å². The van der Waals surface area contributed by atoms with E-state index in [1.165, 1.54) is 4.31 Å². The lowest BCUT2D eigenvalue weighted by Gasteiger charge is -2.21. The predicted molar refractivity (Wildman–Crippen MR) is 79.0 cm³/mol. The standard InChI is InChI=1S/C14H21NO5S/c1-2-20-14(17)8-11-21(18,19)15(9-10-16)12-13-6-4-3-5-7-13/h3-7,16H,2,8-12H2,1H3. The summed E-state index contributed by atoms with van der Waals surface area (Å²) in [6.07, 6.45) is -0.188. The third-order valence-corrected chi connectivity index (χ3v) is 4.63. The Morgan fingerprint density at radius 2 is 1.95 bits per heavy atom. The van der Waals surface area contributed by atoms with Gasteiger partial charge in [0.05, 0.1) is 25.4 Å². The summed E-state index contributed by atoms with van der Waals surface area (Å²) in [4.78, 5) is 11.3. The van der Waals surface area contributed by atoms with Crippen LogP contribution in [0.15, 0.2) is 30.3 Å². The van der Waals surface area contributed by atoms with Crippen molar-refractivity contribution in [1.82, 2.24) is 4.31 Å². The van der Waals surface area contributed by atoms with E-state index in [4.69, 9.17) is 9.84 Å². The maximum atomic E-state index is 12.2. The van der Waals surface area contributed by atoms with Crippen molar-refractivity contribution < 1.29 is 23.1 Å². The third-order valence-electron chi connectivity index (χ3n) is 2.81. The van der Waals surface area contributed by atoms with Gasteiger partial charge in [-0.05, 0) is 12.5 Å². The summed E-state index contributed by atoms with van der Waals surface area (Å²) in [6.45, 7) is 1.79. The van der Waals surface area contributed by atoms with Crippen molar-refractivity contribution in [2.45, 2.75) is 19.9 Å². The van der Waals surface area contributed by atoms with Gasteiger partial charge in [0.1, 0.15) is 0 Å². The fourth-order valence-electron chi connectivity index (χ4n) is 1.79. The average Bonchev–Trinajstić information content (AvgIpc) is 2.46. The number of rotatable bonds is 9. The minimum Gasteiger partial charge on any atom is -0.466 e. The SMILES string of the molecule is CCOC(=O)CCS(=O)(=O)N(CCO)Cc1ccccc1. The van der Waals surface area contributed by atoms with Gasteiger partial charge in [0.15, 0.2) is 0 Å². The van der Waals surface area contributed by atoms with E-state index in [1.54, 1.807) is 6.92 Å². The number of ether oxygens (including phenoxy) is 1. The lowest BCUT2D eigenvalue weighted by atomic mass is 10.2. The zero-order chi connectivity index (χ0) is 15.7. The molecule has 0 bridgehead atoms. The van der Waals surface area contributed by atoms with Gasteiger partial charge in [-0.25, -0.2) is 8.42 Å². The molecular formula is C14H21NO5S. The molecule has 0 aliphatic rings. The number of esters is 1. The summed E-state index contributed by atoms with van der Waals surface area (Å²) in [5.74, 6) is -0.858. The molecule has 1 aromatic rings. The summed E-state index contributed by atoms with van der Waals surface area (Å²) >= 11 is 0. The molecule has 1 N–H and O–H groups in total. The molecule has 0 fully saturated rings. The number of aliphatic hydroxyl groups is 1. The summed E-state index contributed by atoms with van der Waals surface area (Å²) in [6, 6.07) is 9.10. The van der Waals surface area contributed by atoms with E-state index >= 15 is 0 Å². The van der Waals surface area contributed by atoms with Crippen molar-refractivity contribution in [3.05, 3.63) is 35.9 Å². The van der Waals surface area contributed by atoms with Crippen molar-refractivity contribution in [3.8, 4) is 0 Å². The molecule has 0 aliphatic heterocycles. The van der Waals surface area contributed by atoms with Gasteiger partial charge >= 0.3 is 5.97 Å². The number of carbonyl (C=O) groups is 1. The number of sulfonamides is 1. The Hall–Kier alpha value is -1.44. The Bertz CT molecular complexity index is 530. The summed E-state index contributed by atoms with van der Waals surface area (Å²) < 4.78 is 30.4. The highest BCUT2D eigenvalue weighted by Gasteiger charge is 2.23. The Morgan fingerprint density at radius 1 is 1.29 bits per heavy atom. The minimum atomic E-state index is -3.62. The zero-order valence-electron chi connectivity index (χ0n) is 12.1. The number of benzene rings is 1. The smallest absolute Gasteiger partial charge is 0.306 e. The van der Waals surface area contributed by atoms with Crippen molar-refractivity contribution in [1.29, 1.82) is 0 Å². The molecule has 0 spiro atoms. The first kappa shape index (κ1) is 17.6. The van der Waals surface area contributed by atoms with E-state index in [0.717, 1.165) is 5.56 Å². The van der Waals surface area contributed by atoms with Crippen LogP contribution in [-0.2, 0) is 26.1 Å². The second-order valence-electron chi connectivity index (χ2n) is 4.41. The Morgan fingerprint density at radius 3 is 2.52 bits per heavy atom. The van der Waals surface area contributed by atoms with E-state index in [-0.39, 0.29) is 38.5 Å². The molecule has 7 heteroatoms. The van der Waals surface area contributed by atoms with Crippen LogP contribution in [0, 0.1) is 0 Å². The van der Waals surface area contributed by atoms with Gasteiger partial charge in [0.2, 0.25) is 10.0 Å². The van der Waals surface area contributed by atoms with Crippen LogP contribution in [0.3, 0.4) is 0 Å². The largest absolute Gasteiger partial charge is 0.466 e. The number of hydrogen-bond acceptors (Lipinski definition) is 5. The van der Waals surface area contributed by atoms with Gasteiger partial charge < -0.3 is 9.84 Å². The molecule has 0 amide bonds. The van der Waals surface area contributed by atoms with Gasteiger partial charge in [-0.1, -0.05) is 30.3 Å².